The molecule has 192 valence electrons. The second-order valence-corrected chi connectivity index (χ2v) is 10.7. The number of carbonyl (C=O) groups is 1. The van der Waals surface area contributed by atoms with Crippen molar-refractivity contribution in [2.45, 2.75) is 51.3 Å². The number of hydrogen-bond acceptors (Lipinski definition) is 8. The van der Waals surface area contributed by atoms with E-state index in [2.05, 4.69) is 20.6 Å². The molecule has 2 heterocycles. The summed E-state index contributed by atoms with van der Waals surface area (Å²) in [6.45, 7) is 6.33. The minimum absolute atomic E-state index is 0.00131. The second-order valence-electron chi connectivity index (χ2n) is 10.7. The second kappa shape index (κ2) is 9.72. The Balaban J connectivity index is 1.33. The Morgan fingerprint density at radius 3 is 2.43 bits per heavy atom. The third-order valence-electron chi connectivity index (χ3n) is 6.79. The molecule has 9 heteroatoms. The van der Waals surface area contributed by atoms with Crippen LogP contribution in [-0.2, 0) is 4.74 Å². The highest BCUT2D eigenvalue weighted by Gasteiger charge is 2.48. The van der Waals surface area contributed by atoms with Gasteiger partial charge in [0.2, 0.25) is 0 Å². The summed E-state index contributed by atoms with van der Waals surface area (Å²) in [7, 11) is 0. The Hall–Kier alpha value is -4.14. The minimum atomic E-state index is -0.544. The number of nitrogens with zero attached hydrogens (tertiary/aromatic N) is 3. The number of para-hydroxylation sites is 1. The molecule has 9 nitrogen and oxygen atoms in total. The molecule has 3 aromatic rings. The van der Waals surface area contributed by atoms with Crippen molar-refractivity contribution in [3.63, 3.8) is 0 Å². The van der Waals surface area contributed by atoms with Gasteiger partial charge in [-0.2, -0.15) is 0 Å². The Morgan fingerprint density at radius 2 is 1.76 bits per heavy atom. The zero-order valence-corrected chi connectivity index (χ0v) is 21.4. The van der Waals surface area contributed by atoms with Gasteiger partial charge in [0.05, 0.1) is 17.3 Å². The summed E-state index contributed by atoms with van der Waals surface area (Å²) in [5, 5.41) is 15.8. The molecule has 1 amide bonds. The van der Waals surface area contributed by atoms with Crippen molar-refractivity contribution in [1.29, 1.82) is 5.41 Å². The van der Waals surface area contributed by atoms with Gasteiger partial charge < -0.3 is 26.0 Å². The summed E-state index contributed by atoms with van der Waals surface area (Å²) in [4.78, 5) is 23.2. The first-order valence-corrected chi connectivity index (χ1v) is 12.6. The number of nitrogens with one attached hydrogen (secondary N) is 3. The number of carbonyl (C=O) groups excluding carboxylic acids is 1. The van der Waals surface area contributed by atoms with E-state index in [1.165, 1.54) is 6.33 Å². The number of hydrogen-bond donors (Lipinski definition) is 4. The molecule has 1 aliphatic carbocycles. The van der Waals surface area contributed by atoms with Crippen molar-refractivity contribution in [3.05, 3.63) is 72.1 Å². The van der Waals surface area contributed by atoms with Gasteiger partial charge in [-0.15, -0.1) is 0 Å². The molecule has 3 unspecified atom stereocenters. The number of aromatic nitrogens is 2. The van der Waals surface area contributed by atoms with Gasteiger partial charge in [-0.25, -0.2) is 14.8 Å². The quantitative estimate of drug-likeness (QED) is 0.350. The number of piperidine rings is 1. The lowest BCUT2D eigenvalue weighted by molar-refractivity contribution is 0.0179. The normalized spacial score (nSPS) is 20.5. The molecule has 3 atom stereocenters. The fourth-order valence-corrected chi connectivity index (χ4v) is 5.19. The van der Waals surface area contributed by atoms with E-state index in [1.807, 2.05) is 80.3 Å². The lowest BCUT2D eigenvalue weighted by Crippen LogP contribution is -2.49. The first-order valence-electron chi connectivity index (χ1n) is 12.6. The zero-order chi connectivity index (χ0) is 26.2. The van der Waals surface area contributed by atoms with E-state index in [0.717, 1.165) is 24.2 Å². The number of ether oxygens (including phenoxy) is 1. The molecule has 2 bridgehead atoms. The van der Waals surface area contributed by atoms with Crippen molar-refractivity contribution < 1.29 is 9.53 Å². The van der Waals surface area contributed by atoms with Gasteiger partial charge in [0, 0.05) is 29.5 Å². The third kappa shape index (κ3) is 5.35. The van der Waals surface area contributed by atoms with Crippen LogP contribution in [0.3, 0.4) is 0 Å². The molecule has 0 spiro atoms. The highest BCUT2D eigenvalue weighted by atomic mass is 16.6. The molecular weight excluding hydrogens is 466 g/mol. The summed E-state index contributed by atoms with van der Waals surface area (Å²) < 4.78 is 5.63. The number of rotatable bonds is 6. The van der Waals surface area contributed by atoms with E-state index in [4.69, 9.17) is 15.9 Å². The SMILES string of the molecule is CC(C)(C)OC(=O)N1CC2CC(Nc3ncnc(N)c3C(=N)c3ccc(Nc4ccccc4)cc3)C1C2. The van der Waals surface area contributed by atoms with Gasteiger partial charge in [0.1, 0.15) is 23.6 Å². The topological polar surface area (TPSA) is 129 Å². The monoisotopic (exact) mass is 499 g/mol. The molecule has 1 saturated carbocycles. The van der Waals surface area contributed by atoms with Crippen LogP contribution in [0, 0.1) is 11.3 Å². The van der Waals surface area contributed by atoms with Gasteiger partial charge in [-0.05, 0) is 63.8 Å². The molecule has 37 heavy (non-hydrogen) atoms. The van der Waals surface area contributed by atoms with Crippen molar-refractivity contribution in [3.8, 4) is 0 Å². The van der Waals surface area contributed by atoms with Crippen LogP contribution in [0.15, 0.2) is 60.9 Å². The van der Waals surface area contributed by atoms with Gasteiger partial charge >= 0.3 is 6.09 Å². The van der Waals surface area contributed by atoms with Crippen LogP contribution in [0.5, 0.6) is 0 Å². The summed E-state index contributed by atoms with van der Waals surface area (Å²) in [5.41, 5.74) is 9.01. The van der Waals surface area contributed by atoms with Gasteiger partial charge in [0.15, 0.2) is 0 Å². The Kier molecular flexibility index (Phi) is 6.45. The van der Waals surface area contributed by atoms with Crippen molar-refractivity contribution in [1.82, 2.24) is 14.9 Å². The lowest BCUT2D eigenvalue weighted by Gasteiger charge is -2.35. The van der Waals surface area contributed by atoms with Gasteiger partial charge in [-0.3, -0.25) is 5.41 Å². The van der Waals surface area contributed by atoms with Crippen molar-refractivity contribution in [2.75, 3.05) is 22.9 Å². The molecule has 2 aliphatic rings. The summed E-state index contributed by atoms with van der Waals surface area (Å²) >= 11 is 0. The number of nitrogens with two attached hydrogens (primary N) is 1. The standard InChI is InChI=1S/C28H33N7O2/c1-28(2,3)37-27(36)35-15-17-13-21(22(35)14-17)34-26-23(25(30)31-16-32-26)24(29)18-9-11-20(12-10-18)33-19-7-5-4-6-8-19/h4-12,16-17,21-22,29,33H,13-15H2,1-3H3,(H3,30,31,32,34). The number of amides is 1. The average Bonchev–Trinajstić information content (AvgIpc) is 3.45. The number of nitrogen functional groups attached to an aromatic ring is 1. The summed E-state index contributed by atoms with van der Waals surface area (Å²) in [5.74, 6) is 1.15. The fourth-order valence-electron chi connectivity index (χ4n) is 5.19. The predicted octanol–water partition coefficient (Wildman–Crippen LogP) is 5.03. The van der Waals surface area contributed by atoms with Crippen molar-refractivity contribution in [2.24, 2.45) is 5.92 Å². The Labute approximate surface area is 217 Å². The highest BCUT2D eigenvalue weighted by Crippen LogP contribution is 2.40. The number of fused-ring (bicyclic) bond motifs is 2. The van der Waals surface area contributed by atoms with E-state index in [-0.39, 0.29) is 29.7 Å². The molecule has 5 N–H and O–H groups in total. The fraction of sp³-hybridized carbons (Fsp3) is 0.357. The maximum absolute atomic E-state index is 12.8. The largest absolute Gasteiger partial charge is 0.444 e. The highest BCUT2D eigenvalue weighted by molar-refractivity contribution is 6.16. The van der Waals surface area contributed by atoms with E-state index >= 15 is 0 Å². The minimum Gasteiger partial charge on any atom is -0.444 e. The third-order valence-corrected chi connectivity index (χ3v) is 6.79. The van der Waals surface area contributed by atoms with Crippen LogP contribution in [0.4, 0.5) is 27.8 Å². The molecule has 2 aromatic carbocycles. The van der Waals surface area contributed by atoms with E-state index < -0.39 is 5.60 Å². The van der Waals surface area contributed by atoms with Crippen LogP contribution in [0.2, 0.25) is 0 Å². The number of benzene rings is 2. The number of anilines is 4. The summed E-state index contributed by atoms with van der Waals surface area (Å²) in [6, 6.07) is 17.5. The van der Waals surface area contributed by atoms with Gasteiger partial charge in [-0.1, -0.05) is 30.3 Å². The maximum atomic E-state index is 12.8. The first kappa shape index (κ1) is 24.5. The number of likely N-dealkylation sites (tertiary alicyclic amines) is 1. The zero-order valence-electron chi connectivity index (χ0n) is 21.4. The predicted molar refractivity (Wildman–Crippen MR) is 145 cm³/mol. The Bertz CT molecular complexity index is 1290. The first-order chi connectivity index (χ1) is 17.7. The average molecular weight is 500 g/mol. The molecule has 1 saturated heterocycles. The Morgan fingerprint density at radius 1 is 1.05 bits per heavy atom. The van der Waals surface area contributed by atoms with Crippen LogP contribution < -0.4 is 16.4 Å². The molecule has 0 radical (unpaired) electrons. The van der Waals surface area contributed by atoms with Crippen LogP contribution in [-0.4, -0.2) is 50.9 Å². The van der Waals surface area contributed by atoms with Crippen molar-refractivity contribution >= 4 is 34.8 Å². The van der Waals surface area contributed by atoms with E-state index in [9.17, 15) is 4.79 Å². The van der Waals surface area contributed by atoms with E-state index in [1.54, 1.807) is 0 Å². The molecule has 1 aromatic heterocycles. The molecular formula is C28H33N7O2. The molecule has 2 fully saturated rings. The summed E-state index contributed by atoms with van der Waals surface area (Å²) in [6.07, 6.45) is 2.95. The van der Waals surface area contributed by atoms with Crippen LogP contribution in [0.1, 0.15) is 44.7 Å². The lowest BCUT2D eigenvalue weighted by atomic mass is 10.0. The molecule has 1 aliphatic heterocycles. The van der Waals surface area contributed by atoms with Crippen LogP contribution >= 0.6 is 0 Å². The molecule has 5 rings (SSSR count). The smallest absolute Gasteiger partial charge is 0.410 e. The van der Waals surface area contributed by atoms with Crippen LogP contribution in [0.25, 0.3) is 0 Å². The van der Waals surface area contributed by atoms with Gasteiger partial charge in [0.25, 0.3) is 0 Å². The van der Waals surface area contributed by atoms with E-state index in [0.29, 0.717) is 29.4 Å². The maximum Gasteiger partial charge on any atom is 0.410 e.